The molecule has 1 heterocycles. The maximum Gasteiger partial charge on any atom is 0.251 e. The molecule has 32 heavy (non-hydrogen) atoms. The zero-order valence-electron chi connectivity index (χ0n) is 19.0. The summed E-state index contributed by atoms with van der Waals surface area (Å²) in [5.41, 5.74) is 1.05. The van der Waals surface area contributed by atoms with Gasteiger partial charge in [0.05, 0.1) is 4.90 Å². The number of hydrogen-bond acceptors (Lipinski definition) is 5. The van der Waals surface area contributed by atoms with Crippen LogP contribution in [-0.2, 0) is 21.2 Å². The normalized spacial score (nSPS) is 12.6. The molecule has 0 fully saturated rings. The molecule has 0 aliphatic heterocycles. The SMILES string of the molecule is CCN(CC)S(=O)(=O)c1cccc(C(=O)N[C@H](C(=O)NCCc2ccccn2)C(C)C)c1. The summed E-state index contributed by atoms with van der Waals surface area (Å²) in [6.07, 6.45) is 2.28. The molecule has 2 rings (SSSR count). The topological polar surface area (TPSA) is 108 Å². The van der Waals surface area contributed by atoms with Gasteiger partial charge in [-0.25, -0.2) is 8.42 Å². The Kier molecular flexibility index (Phi) is 9.34. The van der Waals surface area contributed by atoms with Gasteiger partial charge in [-0.1, -0.05) is 39.8 Å². The Balaban J connectivity index is 2.08. The highest BCUT2D eigenvalue weighted by Crippen LogP contribution is 2.17. The van der Waals surface area contributed by atoms with Crippen LogP contribution < -0.4 is 10.6 Å². The van der Waals surface area contributed by atoms with E-state index >= 15 is 0 Å². The largest absolute Gasteiger partial charge is 0.354 e. The molecule has 1 atom stereocenters. The van der Waals surface area contributed by atoms with Gasteiger partial charge in [-0.3, -0.25) is 14.6 Å². The Bertz CT molecular complexity index is 1010. The molecular formula is C23H32N4O4S. The minimum absolute atomic E-state index is 0.0507. The molecule has 174 valence electrons. The summed E-state index contributed by atoms with van der Waals surface area (Å²) in [4.78, 5) is 29.8. The highest BCUT2D eigenvalue weighted by Gasteiger charge is 2.26. The van der Waals surface area contributed by atoms with Crippen molar-refractivity contribution in [3.05, 3.63) is 59.9 Å². The molecule has 0 aliphatic rings. The second-order valence-corrected chi connectivity index (χ2v) is 9.61. The number of hydrogen-bond donors (Lipinski definition) is 2. The average Bonchev–Trinajstić information content (AvgIpc) is 2.78. The van der Waals surface area contributed by atoms with Crippen LogP contribution in [0.25, 0.3) is 0 Å². The van der Waals surface area contributed by atoms with E-state index in [0.29, 0.717) is 26.1 Å². The molecule has 0 bridgehead atoms. The summed E-state index contributed by atoms with van der Waals surface area (Å²) in [5.74, 6) is -0.951. The molecule has 2 N–H and O–H groups in total. The van der Waals surface area contributed by atoms with E-state index in [9.17, 15) is 18.0 Å². The molecular weight excluding hydrogens is 428 g/mol. The van der Waals surface area contributed by atoms with Crippen molar-refractivity contribution in [2.75, 3.05) is 19.6 Å². The van der Waals surface area contributed by atoms with Crippen molar-refractivity contribution in [1.29, 1.82) is 0 Å². The van der Waals surface area contributed by atoms with Crippen molar-refractivity contribution in [1.82, 2.24) is 19.9 Å². The van der Waals surface area contributed by atoms with E-state index in [1.54, 1.807) is 20.0 Å². The van der Waals surface area contributed by atoms with Crippen molar-refractivity contribution < 1.29 is 18.0 Å². The van der Waals surface area contributed by atoms with Gasteiger partial charge in [0.25, 0.3) is 5.91 Å². The van der Waals surface area contributed by atoms with Crippen LogP contribution in [0.4, 0.5) is 0 Å². The maximum absolute atomic E-state index is 12.8. The number of carbonyl (C=O) groups excluding carboxylic acids is 2. The zero-order chi connectivity index (χ0) is 23.7. The summed E-state index contributed by atoms with van der Waals surface area (Å²) in [6, 6.07) is 10.7. The number of benzene rings is 1. The van der Waals surface area contributed by atoms with Gasteiger partial charge in [-0.15, -0.1) is 0 Å². The number of sulfonamides is 1. The monoisotopic (exact) mass is 460 g/mol. The van der Waals surface area contributed by atoms with Crippen LogP contribution in [0, 0.1) is 5.92 Å². The first-order valence-electron chi connectivity index (χ1n) is 10.8. The molecule has 0 aliphatic carbocycles. The number of nitrogens with zero attached hydrogens (tertiary/aromatic N) is 2. The molecule has 1 aromatic heterocycles. The molecule has 0 saturated carbocycles. The van der Waals surface area contributed by atoms with Crippen molar-refractivity contribution >= 4 is 21.8 Å². The number of pyridine rings is 1. The van der Waals surface area contributed by atoms with Crippen molar-refractivity contribution in [2.45, 2.75) is 45.1 Å². The molecule has 0 unspecified atom stereocenters. The Morgan fingerprint density at radius 2 is 1.78 bits per heavy atom. The fourth-order valence-electron chi connectivity index (χ4n) is 3.24. The summed E-state index contributed by atoms with van der Waals surface area (Å²) in [7, 11) is -3.69. The minimum Gasteiger partial charge on any atom is -0.354 e. The van der Waals surface area contributed by atoms with Gasteiger partial charge in [-0.2, -0.15) is 4.31 Å². The summed E-state index contributed by atoms with van der Waals surface area (Å²) in [6.45, 7) is 8.27. The Morgan fingerprint density at radius 1 is 1.06 bits per heavy atom. The van der Waals surface area contributed by atoms with Gasteiger partial charge in [0.15, 0.2) is 0 Å². The lowest BCUT2D eigenvalue weighted by Crippen LogP contribution is -2.50. The van der Waals surface area contributed by atoms with E-state index in [2.05, 4.69) is 15.6 Å². The highest BCUT2D eigenvalue weighted by molar-refractivity contribution is 7.89. The standard InChI is InChI=1S/C23H32N4O4S/c1-5-27(6-2)32(30,31)20-12-9-10-18(16-20)22(28)26-21(17(3)4)23(29)25-15-13-19-11-7-8-14-24-19/h7-12,14,16-17,21H,5-6,13,15H2,1-4H3,(H,25,29)(H,26,28)/t21-/m0/s1. The quantitative estimate of drug-likeness (QED) is 0.535. The van der Waals surface area contributed by atoms with Crippen molar-refractivity contribution in [2.24, 2.45) is 5.92 Å². The summed E-state index contributed by atoms with van der Waals surface area (Å²) < 4.78 is 26.9. The number of carbonyl (C=O) groups is 2. The van der Waals surface area contributed by atoms with Gasteiger partial charge in [0, 0.05) is 43.5 Å². The molecule has 1 aromatic carbocycles. The molecule has 8 nitrogen and oxygen atoms in total. The third-order valence-electron chi connectivity index (χ3n) is 5.08. The fourth-order valence-corrected chi connectivity index (χ4v) is 4.74. The average molecular weight is 461 g/mol. The van der Waals surface area contributed by atoms with E-state index in [1.807, 2.05) is 32.0 Å². The lowest BCUT2D eigenvalue weighted by molar-refractivity contribution is -0.123. The number of aromatic nitrogens is 1. The molecule has 0 spiro atoms. The number of amides is 2. The Labute approximate surface area is 190 Å². The van der Waals surface area contributed by atoms with Crippen molar-refractivity contribution in [3.63, 3.8) is 0 Å². The van der Waals surface area contributed by atoms with E-state index < -0.39 is 22.0 Å². The molecule has 2 aromatic rings. The third kappa shape index (κ3) is 6.61. The van der Waals surface area contributed by atoms with E-state index in [1.165, 1.54) is 28.6 Å². The summed E-state index contributed by atoms with van der Waals surface area (Å²) in [5, 5.41) is 5.58. The first kappa shape index (κ1) is 25.5. The van der Waals surface area contributed by atoms with Gasteiger partial charge < -0.3 is 10.6 Å². The van der Waals surface area contributed by atoms with Crippen LogP contribution in [0.1, 0.15) is 43.7 Å². The van der Waals surface area contributed by atoms with E-state index in [0.717, 1.165) is 5.69 Å². The smallest absolute Gasteiger partial charge is 0.251 e. The third-order valence-corrected chi connectivity index (χ3v) is 7.13. The van der Waals surface area contributed by atoms with Gasteiger partial charge in [0.2, 0.25) is 15.9 Å². The second-order valence-electron chi connectivity index (χ2n) is 7.67. The van der Waals surface area contributed by atoms with Crippen LogP contribution in [0.3, 0.4) is 0 Å². The van der Waals surface area contributed by atoms with Crippen LogP contribution in [0.2, 0.25) is 0 Å². The highest BCUT2D eigenvalue weighted by atomic mass is 32.2. The zero-order valence-corrected chi connectivity index (χ0v) is 19.9. The lowest BCUT2D eigenvalue weighted by Gasteiger charge is -2.22. The van der Waals surface area contributed by atoms with Crippen LogP contribution in [0.5, 0.6) is 0 Å². The van der Waals surface area contributed by atoms with Crippen LogP contribution >= 0.6 is 0 Å². The van der Waals surface area contributed by atoms with Crippen molar-refractivity contribution in [3.8, 4) is 0 Å². The number of nitrogens with one attached hydrogen (secondary N) is 2. The predicted octanol–water partition coefficient (Wildman–Crippen LogP) is 2.23. The van der Waals surface area contributed by atoms with E-state index in [4.69, 9.17) is 0 Å². The predicted molar refractivity (Wildman–Crippen MR) is 124 cm³/mol. The minimum atomic E-state index is -3.69. The van der Waals surface area contributed by atoms with Crippen LogP contribution in [0.15, 0.2) is 53.6 Å². The van der Waals surface area contributed by atoms with Gasteiger partial charge in [-0.05, 0) is 36.2 Å². The fraction of sp³-hybridized carbons (Fsp3) is 0.435. The molecule has 2 amide bonds. The second kappa shape index (κ2) is 11.7. The summed E-state index contributed by atoms with van der Waals surface area (Å²) >= 11 is 0. The lowest BCUT2D eigenvalue weighted by atomic mass is 10.0. The van der Waals surface area contributed by atoms with Gasteiger partial charge in [0.1, 0.15) is 6.04 Å². The maximum atomic E-state index is 12.8. The Morgan fingerprint density at radius 3 is 2.38 bits per heavy atom. The van der Waals surface area contributed by atoms with E-state index in [-0.39, 0.29) is 22.3 Å². The molecule has 0 radical (unpaired) electrons. The Hall–Kier alpha value is -2.78. The first-order valence-corrected chi connectivity index (χ1v) is 12.2. The first-order chi connectivity index (χ1) is 15.2. The van der Waals surface area contributed by atoms with Gasteiger partial charge >= 0.3 is 0 Å². The van der Waals surface area contributed by atoms with Crippen LogP contribution in [-0.4, -0.2) is 55.2 Å². The molecule has 9 heteroatoms. The number of rotatable bonds is 11. The molecule has 0 saturated heterocycles.